The van der Waals surface area contributed by atoms with Crippen LogP contribution < -0.4 is 4.90 Å². The van der Waals surface area contributed by atoms with E-state index in [2.05, 4.69) is 158 Å². The fraction of sp³-hybridized carbons (Fsp3) is 0.294. The van der Waals surface area contributed by atoms with Gasteiger partial charge in [0.25, 0.3) is 0 Å². The minimum Gasteiger partial charge on any atom is -0.310 e. The fourth-order valence-corrected chi connectivity index (χ4v) is 9.74. The molecule has 0 amide bonds. The number of rotatable bonds is 7. The third kappa shape index (κ3) is 6.19. The highest BCUT2D eigenvalue weighted by atomic mass is 15.1. The van der Waals surface area contributed by atoms with Crippen LogP contribution in [0.25, 0.3) is 33.4 Å². The van der Waals surface area contributed by atoms with Crippen molar-refractivity contribution in [1.29, 1.82) is 0 Å². The highest BCUT2D eigenvalue weighted by Crippen LogP contribution is 2.51. The van der Waals surface area contributed by atoms with Crippen LogP contribution in [0.3, 0.4) is 0 Å². The molecule has 0 aromatic heterocycles. The zero-order valence-electron chi connectivity index (χ0n) is 31.0. The molecular formula is C51H51N. The van der Waals surface area contributed by atoms with E-state index in [1.807, 2.05) is 0 Å². The molecule has 3 aliphatic carbocycles. The van der Waals surface area contributed by atoms with Crippen LogP contribution in [0.15, 0.2) is 140 Å². The van der Waals surface area contributed by atoms with Crippen molar-refractivity contribution in [2.24, 2.45) is 0 Å². The van der Waals surface area contributed by atoms with Crippen LogP contribution >= 0.6 is 0 Å². The van der Waals surface area contributed by atoms with Crippen LogP contribution in [-0.2, 0) is 5.41 Å². The molecule has 0 unspecified atom stereocenters. The molecule has 9 rings (SSSR count). The molecule has 2 fully saturated rings. The van der Waals surface area contributed by atoms with Crippen LogP contribution in [0.4, 0.5) is 17.1 Å². The van der Waals surface area contributed by atoms with Gasteiger partial charge < -0.3 is 4.90 Å². The summed E-state index contributed by atoms with van der Waals surface area (Å²) in [5.41, 5.74) is 17.4. The van der Waals surface area contributed by atoms with Crippen LogP contribution in [0, 0.1) is 0 Å². The van der Waals surface area contributed by atoms with Crippen LogP contribution in [-0.4, -0.2) is 0 Å². The zero-order valence-corrected chi connectivity index (χ0v) is 31.0. The number of nitrogens with zero attached hydrogens (tertiary/aromatic N) is 1. The van der Waals surface area contributed by atoms with E-state index in [4.69, 9.17) is 0 Å². The first-order valence-corrected chi connectivity index (χ1v) is 20.0. The summed E-state index contributed by atoms with van der Waals surface area (Å²) in [6.07, 6.45) is 13.6. The number of fused-ring (bicyclic) bond motifs is 3. The molecule has 0 radical (unpaired) electrons. The Morgan fingerprint density at radius 2 is 0.942 bits per heavy atom. The average molecular weight is 678 g/mol. The molecule has 0 bridgehead atoms. The molecule has 6 aromatic rings. The van der Waals surface area contributed by atoms with Gasteiger partial charge in [-0.1, -0.05) is 149 Å². The Bertz CT molecular complexity index is 2160. The maximum atomic E-state index is 2.61. The molecule has 0 heterocycles. The predicted octanol–water partition coefficient (Wildman–Crippen LogP) is 14.9. The Morgan fingerprint density at radius 3 is 1.63 bits per heavy atom. The lowest BCUT2D eigenvalue weighted by atomic mass is 9.78. The van der Waals surface area contributed by atoms with E-state index < -0.39 is 0 Å². The van der Waals surface area contributed by atoms with Gasteiger partial charge in [-0.25, -0.2) is 0 Å². The third-order valence-corrected chi connectivity index (χ3v) is 12.6. The summed E-state index contributed by atoms with van der Waals surface area (Å²) < 4.78 is 0. The van der Waals surface area contributed by atoms with E-state index in [1.165, 1.54) is 120 Å². The quantitative estimate of drug-likeness (QED) is 0.163. The van der Waals surface area contributed by atoms with E-state index >= 15 is 0 Å². The van der Waals surface area contributed by atoms with Crippen molar-refractivity contribution in [2.75, 3.05) is 4.90 Å². The molecule has 0 N–H and O–H groups in total. The molecule has 0 saturated heterocycles. The Hall–Kier alpha value is -4.88. The van der Waals surface area contributed by atoms with Crippen molar-refractivity contribution in [3.63, 3.8) is 0 Å². The molecule has 0 atom stereocenters. The molecular weight excluding hydrogens is 627 g/mol. The zero-order chi connectivity index (χ0) is 35.1. The van der Waals surface area contributed by atoms with Gasteiger partial charge in [0.05, 0.1) is 0 Å². The summed E-state index contributed by atoms with van der Waals surface area (Å²) in [5, 5.41) is 0. The number of anilines is 3. The van der Waals surface area contributed by atoms with Crippen LogP contribution in [0.5, 0.6) is 0 Å². The van der Waals surface area contributed by atoms with Gasteiger partial charge in [-0.05, 0) is 136 Å². The number of hydrogen-bond donors (Lipinski definition) is 0. The van der Waals surface area contributed by atoms with Gasteiger partial charge in [0.1, 0.15) is 0 Å². The SMILES string of the molecule is CC1(C)c2ccccc2-c2ccc(N(c3ccccc3)c3cccc(-c4cccc(-c5cc(C6CCCCC6)cc(C6CCCCC6)c5)c4)c3)cc21. The molecule has 1 nitrogen and oxygen atoms in total. The molecule has 0 aliphatic heterocycles. The molecule has 3 aliphatic rings. The smallest absolute Gasteiger partial charge is 0.0467 e. The molecule has 1 heteroatoms. The minimum atomic E-state index is -0.0578. The number of hydrogen-bond acceptors (Lipinski definition) is 1. The first-order chi connectivity index (χ1) is 25.5. The van der Waals surface area contributed by atoms with E-state index in [1.54, 1.807) is 11.1 Å². The summed E-state index contributed by atoms with van der Waals surface area (Å²) in [7, 11) is 0. The van der Waals surface area contributed by atoms with Crippen molar-refractivity contribution in [3.8, 4) is 33.4 Å². The summed E-state index contributed by atoms with van der Waals surface area (Å²) >= 11 is 0. The first kappa shape index (κ1) is 33.0. The van der Waals surface area contributed by atoms with Crippen molar-refractivity contribution >= 4 is 17.1 Å². The second kappa shape index (κ2) is 13.9. The van der Waals surface area contributed by atoms with Crippen LogP contribution in [0.2, 0.25) is 0 Å². The van der Waals surface area contributed by atoms with Crippen molar-refractivity contribution in [1.82, 2.24) is 0 Å². The van der Waals surface area contributed by atoms with Gasteiger partial charge in [-0.15, -0.1) is 0 Å². The highest BCUT2D eigenvalue weighted by molar-refractivity contribution is 5.86. The monoisotopic (exact) mass is 677 g/mol. The van der Waals surface area contributed by atoms with Crippen molar-refractivity contribution in [2.45, 2.75) is 95.3 Å². The van der Waals surface area contributed by atoms with E-state index in [9.17, 15) is 0 Å². The fourth-order valence-electron chi connectivity index (χ4n) is 9.74. The lowest BCUT2D eigenvalue weighted by Gasteiger charge is -2.28. The van der Waals surface area contributed by atoms with Gasteiger partial charge in [-0.2, -0.15) is 0 Å². The van der Waals surface area contributed by atoms with E-state index in [0.717, 1.165) is 5.69 Å². The molecule has 260 valence electrons. The average Bonchev–Trinajstić information content (AvgIpc) is 3.44. The normalized spacial score (nSPS) is 17.0. The lowest BCUT2D eigenvalue weighted by molar-refractivity contribution is 0.435. The molecule has 6 aromatic carbocycles. The second-order valence-corrected chi connectivity index (χ2v) is 16.3. The third-order valence-electron chi connectivity index (χ3n) is 12.6. The summed E-state index contributed by atoms with van der Waals surface area (Å²) in [4.78, 5) is 2.43. The van der Waals surface area contributed by atoms with Crippen molar-refractivity contribution in [3.05, 3.63) is 162 Å². The minimum absolute atomic E-state index is 0.0578. The second-order valence-electron chi connectivity index (χ2n) is 16.3. The van der Waals surface area contributed by atoms with Gasteiger partial charge in [0.2, 0.25) is 0 Å². The number of para-hydroxylation sites is 1. The van der Waals surface area contributed by atoms with E-state index in [-0.39, 0.29) is 5.41 Å². The van der Waals surface area contributed by atoms with Crippen molar-refractivity contribution < 1.29 is 0 Å². The Morgan fingerprint density at radius 1 is 0.404 bits per heavy atom. The van der Waals surface area contributed by atoms with Gasteiger partial charge in [0, 0.05) is 22.5 Å². The predicted molar refractivity (Wildman–Crippen MR) is 221 cm³/mol. The Balaban J connectivity index is 1.10. The summed E-state index contributed by atoms with van der Waals surface area (Å²) in [6, 6.07) is 53.0. The summed E-state index contributed by atoms with van der Waals surface area (Å²) in [6.45, 7) is 4.73. The topological polar surface area (TPSA) is 3.24 Å². The first-order valence-electron chi connectivity index (χ1n) is 20.0. The molecule has 52 heavy (non-hydrogen) atoms. The maximum absolute atomic E-state index is 2.61. The number of benzene rings is 6. The Kier molecular flexibility index (Phi) is 8.83. The van der Waals surface area contributed by atoms with Gasteiger partial charge >= 0.3 is 0 Å². The van der Waals surface area contributed by atoms with Gasteiger partial charge in [-0.3, -0.25) is 0 Å². The van der Waals surface area contributed by atoms with Gasteiger partial charge in [0.15, 0.2) is 0 Å². The van der Waals surface area contributed by atoms with E-state index in [0.29, 0.717) is 11.8 Å². The molecule has 2 saturated carbocycles. The summed E-state index contributed by atoms with van der Waals surface area (Å²) in [5.74, 6) is 1.41. The standard InChI is InChI=1S/C51H51N/c1-51(2)49-27-13-12-26-47(49)48-29-28-46(35-50(48)51)52(44-23-10-5-11-24-44)45-25-15-22-40(34-45)38-20-14-21-39(30-38)43-32-41(36-16-6-3-7-17-36)31-42(33-43)37-18-8-4-9-19-37/h5,10-15,20-37H,3-4,6-9,16-19H2,1-2H3. The molecule has 0 spiro atoms. The Labute approximate surface area is 311 Å². The largest absolute Gasteiger partial charge is 0.310 e. The van der Waals surface area contributed by atoms with Crippen LogP contribution in [0.1, 0.15) is 112 Å². The maximum Gasteiger partial charge on any atom is 0.0467 e. The highest BCUT2D eigenvalue weighted by Gasteiger charge is 2.35. The lowest BCUT2D eigenvalue weighted by Crippen LogP contribution is -2.16.